The highest BCUT2D eigenvalue weighted by Gasteiger charge is 2.55. The fourth-order valence-corrected chi connectivity index (χ4v) is 8.17. The standard InChI is InChI=1S/C39H71N7O12/c1-37(2,3)57-35(51)45(8)32-29(49)34(54-20-39(32,7)53)56-31-25(44-33(50)26(47)11-14-40)17-24(42)27(28(31)48)30-23(41)10-9-22(55-30)19-43-18-21-12-15-46(16-13-21)36(52)58-38(4,5)6/h9,21,23-32,34,43,47-49,53H,10-20,40-42H2,1-8H3,(H,44,50)/t23-,24+,25-,26-,27-,28+,29-,30?,31+,32-,34-,39+/m1/s1. The molecule has 0 aromatic rings. The molecule has 12 N–H and O–H groups in total. The molecule has 1 unspecified atom stereocenters. The van der Waals surface area contributed by atoms with Gasteiger partial charge in [0.2, 0.25) is 5.91 Å². The highest BCUT2D eigenvalue weighted by atomic mass is 16.7. The maximum atomic E-state index is 13.1. The Labute approximate surface area is 342 Å². The minimum atomic E-state index is -1.74. The Morgan fingerprint density at radius 1 is 1.05 bits per heavy atom. The third-order valence-electron chi connectivity index (χ3n) is 11.1. The van der Waals surface area contributed by atoms with Crippen LogP contribution < -0.4 is 27.8 Å². The van der Waals surface area contributed by atoms with Crippen molar-refractivity contribution in [3.8, 4) is 0 Å². The lowest BCUT2D eigenvalue weighted by Gasteiger charge is -2.51. The third kappa shape index (κ3) is 12.6. The van der Waals surface area contributed by atoms with Crippen molar-refractivity contribution in [1.82, 2.24) is 20.4 Å². The number of nitrogens with two attached hydrogens (primary N) is 3. The zero-order valence-corrected chi connectivity index (χ0v) is 35.5. The number of likely N-dealkylation sites (tertiary alicyclic amines) is 1. The van der Waals surface area contributed by atoms with Crippen LogP contribution in [0.1, 0.15) is 80.6 Å². The highest BCUT2D eigenvalue weighted by molar-refractivity contribution is 5.80. The van der Waals surface area contributed by atoms with E-state index < -0.39 is 95.7 Å². The molecule has 0 aromatic heterocycles. The van der Waals surface area contributed by atoms with Gasteiger partial charge >= 0.3 is 12.2 Å². The monoisotopic (exact) mass is 830 g/mol. The first-order chi connectivity index (χ1) is 26.9. The fraction of sp³-hybridized carbons (Fsp3) is 0.872. The summed E-state index contributed by atoms with van der Waals surface area (Å²) in [4.78, 5) is 41.5. The van der Waals surface area contributed by atoms with Gasteiger partial charge in [0, 0.05) is 38.1 Å². The zero-order valence-electron chi connectivity index (χ0n) is 35.5. The maximum absolute atomic E-state index is 13.1. The summed E-state index contributed by atoms with van der Waals surface area (Å²) in [5.41, 5.74) is 15.8. The van der Waals surface area contributed by atoms with Gasteiger partial charge in [-0.05, 0) is 106 Å². The average Bonchev–Trinajstić information content (AvgIpc) is 3.10. The van der Waals surface area contributed by atoms with Gasteiger partial charge in [0.15, 0.2) is 6.29 Å². The van der Waals surface area contributed by atoms with E-state index in [0.29, 0.717) is 44.3 Å². The number of rotatable bonds is 12. The Hall–Kier alpha value is -2.85. The summed E-state index contributed by atoms with van der Waals surface area (Å²) < 4.78 is 29.6. The largest absolute Gasteiger partial charge is 0.492 e. The first-order valence-corrected chi connectivity index (χ1v) is 20.5. The van der Waals surface area contributed by atoms with Crippen LogP contribution in [0.5, 0.6) is 0 Å². The van der Waals surface area contributed by atoms with Crippen molar-refractivity contribution in [3.63, 3.8) is 0 Å². The molecule has 4 rings (SSSR count). The van der Waals surface area contributed by atoms with Crippen molar-refractivity contribution in [2.24, 2.45) is 29.0 Å². The highest BCUT2D eigenvalue weighted by Crippen LogP contribution is 2.37. The number of nitrogens with zero attached hydrogens (tertiary/aromatic N) is 2. The number of hydrogen-bond acceptors (Lipinski definition) is 16. The quantitative estimate of drug-likeness (QED) is 0.117. The molecule has 1 aliphatic carbocycles. The van der Waals surface area contributed by atoms with E-state index in [9.17, 15) is 34.8 Å². The van der Waals surface area contributed by atoms with Gasteiger partial charge in [0.05, 0.1) is 31.3 Å². The molecule has 0 radical (unpaired) electrons. The summed E-state index contributed by atoms with van der Waals surface area (Å²) in [6, 6.07) is -3.59. The average molecular weight is 830 g/mol. The lowest BCUT2D eigenvalue weighted by molar-refractivity contribution is -0.305. The van der Waals surface area contributed by atoms with Crippen molar-refractivity contribution in [1.29, 1.82) is 0 Å². The molecule has 3 fully saturated rings. The molecule has 19 nitrogen and oxygen atoms in total. The normalized spacial score (nSPS) is 34.3. The van der Waals surface area contributed by atoms with Gasteiger partial charge in [-0.3, -0.25) is 4.79 Å². The lowest BCUT2D eigenvalue weighted by atomic mass is 9.72. The second-order valence-corrected chi connectivity index (χ2v) is 18.5. The van der Waals surface area contributed by atoms with Crippen molar-refractivity contribution < 1.29 is 58.5 Å². The van der Waals surface area contributed by atoms with E-state index in [2.05, 4.69) is 10.6 Å². The van der Waals surface area contributed by atoms with Gasteiger partial charge in [-0.15, -0.1) is 0 Å². The molecule has 19 heteroatoms. The van der Waals surface area contributed by atoms with E-state index >= 15 is 0 Å². The maximum Gasteiger partial charge on any atom is 0.410 e. The topological polar surface area (TPSA) is 287 Å². The molecule has 3 aliphatic heterocycles. The molecule has 12 atom stereocenters. The SMILES string of the molecule is CN(C(=O)OC(C)(C)C)[C@@H]1[C@@H](O)[C@@H](O[C@@H]2[C@@H](O)[C@H](C3OC(CNCC4CCN(C(=O)OC(C)(C)C)CC4)=CC[C@H]3N)[C@@H](N)C[C@H]2NC(=O)[C@H](O)CCN)OC[C@]1(C)O. The van der Waals surface area contributed by atoms with Crippen LogP contribution in [-0.2, 0) is 28.5 Å². The van der Waals surface area contributed by atoms with Gasteiger partial charge < -0.3 is 81.7 Å². The number of aliphatic hydroxyl groups is 4. The van der Waals surface area contributed by atoms with Crippen LogP contribution in [0.4, 0.5) is 9.59 Å². The van der Waals surface area contributed by atoms with E-state index in [1.54, 1.807) is 25.7 Å². The second-order valence-electron chi connectivity index (χ2n) is 18.5. The van der Waals surface area contributed by atoms with Crippen molar-refractivity contribution in [2.45, 2.75) is 158 Å². The van der Waals surface area contributed by atoms with E-state index in [0.717, 1.165) is 17.7 Å². The molecule has 0 bridgehead atoms. The third-order valence-corrected chi connectivity index (χ3v) is 11.1. The molecule has 0 spiro atoms. The number of aliphatic hydroxyl groups excluding tert-OH is 3. The van der Waals surface area contributed by atoms with E-state index in [1.807, 2.05) is 26.8 Å². The Bertz CT molecular complexity index is 1420. The summed E-state index contributed by atoms with van der Waals surface area (Å²) >= 11 is 0. The van der Waals surface area contributed by atoms with Crippen molar-refractivity contribution in [2.75, 3.05) is 46.4 Å². The second kappa shape index (κ2) is 19.7. The van der Waals surface area contributed by atoms with E-state index in [1.165, 1.54) is 14.0 Å². The van der Waals surface area contributed by atoms with Crippen molar-refractivity contribution in [3.05, 3.63) is 11.8 Å². The van der Waals surface area contributed by atoms with Crippen LogP contribution >= 0.6 is 0 Å². The van der Waals surface area contributed by atoms with E-state index in [4.69, 9.17) is 40.9 Å². The van der Waals surface area contributed by atoms with Crippen LogP contribution in [0.3, 0.4) is 0 Å². The van der Waals surface area contributed by atoms with Crippen LogP contribution in [0.2, 0.25) is 0 Å². The molecule has 334 valence electrons. The van der Waals surface area contributed by atoms with E-state index in [-0.39, 0.29) is 32.1 Å². The van der Waals surface area contributed by atoms with Gasteiger partial charge in [-0.25, -0.2) is 9.59 Å². The summed E-state index contributed by atoms with van der Waals surface area (Å²) in [7, 11) is 1.38. The van der Waals surface area contributed by atoms with Gasteiger partial charge in [0.25, 0.3) is 0 Å². The molecule has 3 amide bonds. The predicted molar refractivity (Wildman–Crippen MR) is 212 cm³/mol. The van der Waals surface area contributed by atoms with Crippen LogP contribution in [0.15, 0.2) is 11.8 Å². The molecule has 1 saturated carbocycles. The zero-order chi connectivity index (χ0) is 43.3. The minimum absolute atomic E-state index is 0.0152. The Kier molecular flexibility index (Phi) is 16.2. The Morgan fingerprint density at radius 3 is 2.29 bits per heavy atom. The molecule has 0 aromatic carbocycles. The number of amides is 3. The van der Waals surface area contributed by atoms with Gasteiger partial charge in [-0.2, -0.15) is 0 Å². The molecule has 2 saturated heterocycles. The molecule has 4 aliphatic rings. The lowest BCUT2D eigenvalue weighted by Crippen LogP contribution is -2.70. The summed E-state index contributed by atoms with van der Waals surface area (Å²) in [6.07, 6.45) is -5.21. The first kappa shape index (κ1) is 47.8. The number of ether oxygens (including phenoxy) is 5. The predicted octanol–water partition coefficient (Wildman–Crippen LogP) is -0.785. The number of carbonyl (C=O) groups excluding carboxylic acids is 3. The summed E-state index contributed by atoms with van der Waals surface area (Å²) in [6.45, 7) is 14.0. The number of carbonyl (C=O) groups is 3. The molecule has 58 heavy (non-hydrogen) atoms. The van der Waals surface area contributed by atoms with Crippen LogP contribution in [0, 0.1) is 11.8 Å². The van der Waals surface area contributed by atoms with Crippen molar-refractivity contribution >= 4 is 18.1 Å². The summed E-state index contributed by atoms with van der Waals surface area (Å²) in [5.74, 6) is -0.620. The van der Waals surface area contributed by atoms with Crippen LogP contribution in [0.25, 0.3) is 0 Å². The fourth-order valence-electron chi connectivity index (χ4n) is 8.17. The molecular formula is C39H71N7O12. The number of likely N-dealkylation sites (N-methyl/N-ethyl adjacent to an activating group) is 1. The first-order valence-electron chi connectivity index (χ1n) is 20.5. The van der Waals surface area contributed by atoms with Gasteiger partial charge in [-0.1, -0.05) is 0 Å². The number of piperidine rings is 1. The van der Waals surface area contributed by atoms with Gasteiger partial charge in [0.1, 0.15) is 47.0 Å². The Morgan fingerprint density at radius 2 is 1.69 bits per heavy atom. The Balaban J connectivity index is 1.47. The summed E-state index contributed by atoms with van der Waals surface area (Å²) in [5, 5.41) is 51.7. The minimum Gasteiger partial charge on any atom is -0.492 e. The number of hydrogen-bond donors (Lipinski definition) is 9. The smallest absolute Gasteiger partial charge is 0.410 e. The van der Waals surface area contributed by atoms with Crippen LogP contribution in [-0.4, -0.2) is 172 Å². The number of nitrogens with one attached hydrogen (secondary N) is 2. The molecule has 3 heterocycles. The molecular weight excluding hydrogens is 758 g/mol.